The molecule has 2 aromatic heterocycles. The lowest BCUT2D eigenvalue weighted by molar-refractivity contribution is 0.00980. The third kappa shape index (κ3) is 4.03. The van der Waals surface area contributed by atoms with Gasteiger partial charge in [-0.15, -0.1) is 0 Å². The zero-order valence-corrected chi connectivity index (χ0v) is 18.5. The summed E-state index contributed by atoms with van der Waals surface area (Å²) in [6.07, 6.45) is 1.60. The zero-order chi connectivity index (χ0) is 20.6. The first kappa shape index (κ1) is 20.3. The van der Waals surface area contributed by atoms with Gasteiger partial charge in [-0.3, -0.25) is 10.1 Å². The summed E-state index contributed by atoms with van der Waals surface area (Å²) in [6.45, 7) is 1.92. The second kappa shape index (κ2) is 8.03. The van der Waals surface area contributed by atoms with Crippen LogP contribution in [0, 0.1) is 0 Å². The Morgan fingerprint density at radius 2 is 1.97 bits per heavy atom. The Morgan fingerprint density at radius 1 is 1.14 bits per heavy atom. The number of aromatic nitrogens is 4. The molecule has 0 aliphatic rings. The molecular formula is C21H17BrCl2N4O. The Hall–Kier alpha value is -1.99. The van der Waals surface area contributed by atoms with E-state index in [2.05, 4.69) is 31.1 Å². The fraction of sp³-hybridized carbons (Fsp3) is 0.190. The summed E-state index contributed by atoms with van der Waals surface area (Å²) in [7, 11) is 0. The second-order valence-corrected chi connectivity index (χ2v) is 8.71. The zero-order valence-electron chi connectivity index (χ0n) is 15.4. The van der Waals surface area contributed by atoms with Crippen LogP contribution in [0.15, 0.2) is 59.3 Å². The van der Waals surface area contributed by atoms with Crippen molar-refractivity contribution in [3.05, 3.63) is 86.5 Å². The van der Waals surface area contributed by atoms with Crippen molar-refractivity contribution in [2.45, 2.75) is 24.9 Å². The predicted octanol–water partition coefficient (Wildman–Crippen LogP) is 5.66. The van der Waals surface area contributed by atoms with Crippen LogP contribution in [0.5, 0.6) is 0 Å². The molecule has 2 atom stereocenters. The fourth-order valence-corrected chi connectivity index (χ4v) is 4.44. The summed E-state index contributed by atoms with van der Waals surface area (Å²) < 4.78 is 0.988. The molecule has 4 aromatic rings. The number of rotatable bonds is 5. The minimum absolute atomic E-state index is 0.190. The van der Waals surface area contributed by atoms with E-state index in [1.54, 1.807) is 18.2 Å². The fourth-order valence-electron chi connectivity index (χ4n) is 3.49. The van der Waals surface area contributed by atoms with Gasteiger partial charge in [0.05, 0.1) is 5.52 Å². The third-order valence-electron chi connectivity index (χ3n) is 5.13. The first-order chi connectivity index (χ1) is 13.9. The molecule has 4 rings (SSSR count). The van der Waals surface area contributed by atoms with Gasteiger partial charge in [-0.1, -0.05) is 58.2 Å². The van der Waals surface area contributed by atoms with E-state index in [-0.39, 0.29) is 12.3 Å². The molecule has 2 unspecified atom stereocenters. The number of H-pyrrole nitrogens is 1. The molecule has 0 bridgehead atoms. The summed E-state index contributed by atoms with van der Waals surface area (Å²) in [5, 5.41) is 20.5. The molecule has 5 nitrogen and oxygen atoms in total. The first-order valence-electron chi connectivity index (χ1n) is 8.95. The monoisotopic (exact) mass is 490 g/mol. The molecule has 0 radical (unpaired) electrons. The molecule has 0 spiro atoms. The number of nitrogens with zero attached hydrogens (tertiary/aromatic N) is 3. The molecule has 2 N–H and O–H groups in total. The molecule has 8 heteroatoms. The summed E-state index contributed by atoms with van der Waals surface area (Å²) in [4.78, 5) is 8.98. The highest BCUT2D eigenvalue weighted by molar-refractivity contribution is 9.10. The van der Waals surface area contributed by atoms with E-state index >= 15 is 0 Å². The average molecular weight is 492 g/mol. The quantitative estimate of drug-likeness (QED) is 0.378. The van der Waals surface area contributed by atoms with Crippen molar-refractivity contribution in [2.24, 2.45) is 0 Å². The normalized spacial score (nSPS) is 14.7. The number of hydrogen-bond donors (Lipinski definition) is 2. The number of aliphatic hydroxyl groups is 1. The number of halogens is 3. The second-order valence-electron chi connectivity index (χ2n) is 6.95. The van der Waals surface area contributed by atoms with Gasteiger partial charge in [-0.05, 0) is 36.4 Å². The van der Waals surface area contributed by atoms with Crippen LogP contribution in [0.2, 0.25) is 10.0 Å². The maximum absolute atomic E-state index is 11.9. The van der Waals surface area contributed by atoms with Crippen LogP contribution in [0.25, 0.3) is 10.9 Å². The maximum atomic E-state index is 11.9. The number of pyridine rings is 1. The van der Waals surface area contributed by atoms with E-state index in [4.69, 9.17) is 28.2 Å². The molecule has 148 valence electrons. The van der Waals surface area contributed by atoms with E-state index in [9.17, 15) is 5.11 Å². The Labute approximate surface area is 186 Å². The maximum Gasteiger partial charge on any atom is 0.137 e. The molecular weight excluding hydrogens is 475 g/mol. The van der Waals surface area contributed by atoms with Gasteiger partial charge in [-0.25, -0.2) is 4.98 Å². The van der Waals surface area contributed by atoms with Crippen LogP contribution >= 0.6 is 39.1 Å². The van der Waals surface area contributed by atoms with Crippen LogP contribution in [-0.4, -0.2) is 25.3 Å². The lowest BCUT2D eigenvalue weighted by atomic mass is 9.77. The lowest BCUT2D eigenvalue weighted by Gasteiger charge is -2.34. The number of hydrogen-bond acceptors (Lipinski definition) is 4. The third-order valence-corrected chi connectivity index (χ3v) is 6.17. The Balaban J connectivity index is 1.82. The molecule has 0 aliphatic carbocycles. The smallest absolute Gasteiger partial charge is 0.137 e. The van der Waals surface area contributed by atoms with Gasteiger partial charge in [-0.2, -0.15) is 5.10 Å². The molecule has 0 amide bonds. The van der Waals surface area contributed by atoms with E-state index in [1.165, 1.54) is 6.33 Å². The van der Waals surface area contributed by atoms with Gasteiger partial charge in [0.1, 0.15) is 17.8 Å². The van der Waals surface area contributed by atoms with E-state index < -0.39 is 5.60 Å². The minimum Gasteiger partial charge on any atom is -0.384 e. The van der Waals surface area contributed by atoms with Gasteiger partial charge in [0.15, 0.2) is 0 Å². The Bertz CT molecular complexity index is 1170. The average Bonchev–Trinajstić information content (AvgIpc) is 3.19. The number of fused-ring (bicyclic) bond motifs is 1. The largest absolute Gasteiger partial charge is 0.384 e. The van der Waals surface area contributed by atoms with Crippen molar-refractivity contribution in [2.75, 3.05) is 0 Å². The van der Waals surface area contributed by atoms with Gasteiger partial charge in [0.25, 0.3) is 0 Å². The van der Waals surface area contributed by atoms with E-state index in [0.717, 1.165) is 21.1 Å². The number of nitrogens with one attached hydrogen (secondary N) is 1. The van der Waals surface area contributed by atoms with Crippen molar-refractivity contribution in [3.8, 4) is 0 Å². The molecule has 0 aliphatic heterocycles. The van der Waals surface area contributed by atoms with Crippen molar-refractivity contribution < 1.29 is 5.11 Å². The molecule has 29 heavy (non-hydrogen) atoms. The van der Waals surface area contributed by atoms with E-state index in [0.29, 0.717) is 21.4 Å². The van der Waals surface area contributed by atoms with Crippen molar-refractivity contribution in [3.63, 3.8) is 0 Å². The molecule has 2 aromatic carbocycles. The Morgan fingerprint density at radius 3 is 2.69 bits per heavy atom. The van der Waals surface area contributed by atoms with Crippen molar-refractivity contribution >= 4 is 50.0 Å². The van der Waals surface area contributed by atoms with Crippen molar-refractivity contribution in [1.82, 2.24) is 20.2 Å². The summed E-state index contributed by atoms with van der Waals surface area (Å²) in [5.74, 6) is 0.161. The van der Waals surface area contributed by atoms with Crippen LogP contribution in [0.3, 0.4) is 0 Å². The molecule has 0 saturated heterocycles. The minimum atomic E-state index is -1.38. The molecule has 0 saturated carbocycles. The lowest BCUT2D eigenvalue weighted by Crippen LogP contribution is -2.36. The van der Waals surface area contributed by atoms with Gasteiger partial charge < -0.3 is 5.11 Å². The highest BCUT2D eigenvalue weighted by Crippen LogP contribution is 2.42. The van der Waals surface area contributed by atoms with Crippen molar-refractivity contribution in [1.29, 1.82) is 0 Å². The number of benzene rings is 2. The molecule has 0 fully saturated rings. The first-order valence-corrected chi connectivity index (χ1v) is 10.5. The summed E-state index contributed by atoms with van der Waals surface area (Å²) >= 11 is 16.0. The van der Waals surface area contributed by atoms with Crippen LogP contribution in [-0.2, 0) is 12.0 Å². The topological polar surface area (TPSA) is 74.7 Å². The van der Waals surface area contributed by atoms with Gasteiger partial charge in [0.2, 0.25) is 0 Å². The molecule has 2 heterocycles. The van der Waals surface area contributed by atoms with Crippen LogP contribution in [0.4, 0.5) is 0 Å². The highest BCUT2D eigenvalue weighted by atomic mass is 79.9. The van der Waals surface area contributed by atoms with E-state index in [1.807, 2.05) is 37.3 Å². The SMILES string of the molecule is CC(c1ccc2cc(Br)ccc2n1)C(O)(Cc1ncn[nH]1)c1ccc(Cl)cc1Cl. The van der Waals surface area contributed by atoms with Crippen LogP contribution < -0.4 is 0 Å². The van der Waals surface area contributed by atoms with Crippen LogP contribution in [0.1, 0.15) is 29.9 Å². The summed E-state index contributed by atoms with van der Waals surface area (Å²) in [6, 6.07) is 14.9. The van der Waals surface area contributed by atoms with Gasteiger partial charge >= 0.3 is 0 Å². The standard InChI is InChI=1S/C21H17BrCl2N4O/c1-12(18-6-2-13-8-14(22)3-7-19(13)27-18)21(29,10-20-25-11-26-28-20)16-5-4-15(23)9-17(16)24/h2-9,11-12,29H,10H2,1H3,(H,25,26,28). The predicted molar refractivity (Wildman–Crippen MR) is 118 cm³/mol. The van der Waals surface area contributed by atoms with Gasteiger partial charge in [0, 0.05) is 43.5 Å². The Kier molecular flexibility index (Phi) is 5.62. The summed E-state index contributed by atoms with van der Waals surface area (Å²) in [5.41, 5.74) is 0.775. The highest BCUT2D eigenvalue weighted by Gasteiger charge is 2.40. The number of aromatic amines is 1.